The summed E-state index contributed by atoms with van der Waals surface area (Å²) in [6, 6.07) is 18.2. The number of ether oxygens (including phenoxy) is 2. The van der Waals surface area contributed by atoms with Crippen molar-refractivity contribution in [2.45, 2.75) is 19.6 Å². The van der Waals surface area contributed by atoms with E-state index in [1.54, 1.807) is 23.6 Å². The lowest BCUT2D eigenvalue weighted by Gasteiger charge is -2.22. The molecule has 1 atom stereocenters. The van der Waals surface area contributed by atoms with Crippen molar-refractivity contribution in [2.24, 2.45) is 4.99 Å². The Morgan fingerprint density at radius 1 is 1.24 bits per heavy atom. The van der Waals surface area contributed by atoms with E-state index in [1.165, 1.54) is 29.8 Å². The Kier molecular flexibility index (Phi) is 7.42. The highest BCUT2D eigenvalue weighted by Gasteiger charge is 2.33. The van der Waals surface area contributed by atoms with E-state index in [1.807, 2.05) is 53.9 Å². The van der Waals surface area contributed by atoms with Crippen LogP contribution in [0.5, 0.6) is 5.75 Å². The van der Waals surface area contributed by atoms with Gasteiger partial charge in [-0.3, -0.25) is 9.36 Å². The Balaban J connectivity index is 1.50. The summed E-state index contributed by atoms with van der Waals surface area (Å²) in [5, 5.41) is 11.2. The van der Waals surface area contributed by atoms with Crippen LogP contribution in [0.15, 0.2) is 85.5 Å². The van der Waals surface area contributed by atoms with Crippen LogP contribution in [0.4, 0.5) is 0 Å². The molecule has 38 heavy (non-hydrogen) atoms. The van der Waals surface area contributed by atoms with Crippen molar-refractivity contribution in [1.82, 2.24) is 4.57 Å². The zero-order chi connectivity index (χ0) is 26.8. The molecule has 0 saturated heterocycles. The summed E-state index contributed by atoms with van der Waals surface area (Å²) < 4.78 is 13.7. The van der Waals surface area contributed by atoms with Gasteiger partial charge in [-0.1, -0.05) is 41.7 Å². The minimum atomic E-state index is -0.598. The smallest absolute Gasteiger partial charge is 0.338 e. The molecule has 1 unspecified atom stereocenters. The number of aromatic nitrogens is 1. The number of esters is 1. The fourth-order valence-electron chi connectivity index (χ4n) is 4.19. The van der Waals surface area contributed by atoms with Gasteiger partial charge in [0.15, 0.2) is 4.80 Å². The van der Waals surface area contributed by atoms with E-state index in [9.17, 15) is 14.9 Å². The quantitative estimate of drug-likeness (QED) is 0.297. The van der Waals surface area contributed by atoms with E-state index in [0.29, 0.717) is 36.4 Å². The molecule has 0 radical (unpaired) electrons. The molecule has 0 spiro atoms. The summed E-state index contributed by atoms with van der Waals surface area (Å²) in [6.07, 6.45) is 1.80. The topological polar surface area (TPSA) is 93.7 Å². The Labute approximate surface area is 234 Å². The molecule has 0 aliphatic carbocycles. The minimum Gasteiger partial charge on any atom is -0.488 e. The SMILES string of the molecule is COC(=O)C1=C(C)N=c2sc(=Cc3ccc(OCc4ccccc4C#N)c(Br)c3)c(=O)n2C1c1cccs1. The van der Waals surface area contributed by atoms with E-state index in [0.717, 1.165) is 16.0 Å². The average molecular weight is 607 g/mol. The molecule has 10 heteroatoms. The number of halogens is 1. The zero-order valence-corrected chi connectivity index (χ0v) is 23.5. The number of hydrogen-bond acceptors (Lipinski definition) is 8. The fraction of sp³-hybridized carbons (Fsp3) is 0.143. The number of benzene rings is 2. The van der Waals surface area contributed by atoms with E-state index in [2.05, 4.69) is 27.0 Å². The van der Waals surface area contributed by atoms with Gasteiger partial charge in [0.05, 0.1) is 39.0 Å². The summed E-state index contributed by atoms with van der Waals surface area (Å²) in [7, 11) is 1.33. The van der Waals surface area contributed by atoms with Crippen LogP contribution in [-0.2, 0) is 16.1 Å². The number of allylic oxidation sites excluding steroid dienone is 1. The van der Waals surface area contributed by atoms with E-state index in [-0.39, 0.29) is 12.2 Å². The highest BCUT2D eigenvalue weighted by Crippen LogP contribution is 2.33. The largest absolute Gasteiger partial charge is 0.488 e. The molecule has 4 aromatic rings. The lowest BCUT2D eigenvalue weighted by Crippen LogP contribution is -2.39. The van der Waals surface area contributed by atoms with Crippen molar-refractivity contribution in [3.05, 3.63) is 117 Å². The van der Waals surface area contributed by atoms with E-state index >= 15 is 0 Å². The molecule has 2 aromatic carbocycles. The van der Waals surface area contributed by atoms with Gasteiger partial charge in [0, 0.05) is 10.4 Å². The predicted octanol–water partition coefficient (Wildman–Crippen LogP) is 4.68. The van der Waals surface area contributed by atoms with Crippen molar-refractivity contribution in [2.75, 3.05) is 7.11 Å². The number of nitrogens with zero attached hydrogens (tertiary/aromatic N) is 3. The van der Waals surface area contributed by atoms with Gasteiger partial charge in [-0.05, 0) is 64.1 Å². The molecule has 2 aromatic heterocycles. The van der Waals surface area contributed by atoms with Crippen molar-refractivity contribution >= 4 is 50.6 Å². The maximum Gasteiger partial charge on any atom is 0.338 e. The third-order valence-electron chi connectivity index (χ3n) is 6.01. The molecule has 0 fully saturated rings. The molecule has 1 aliphatic rings. The van der Waals surface area contributed by atoms with Crippen molar-refractivity contribution in [3.8, 4) is 11.8 Å². The third kappa shape index (κ3) is 4.88. The van der Waals surface area contributed by atoms with Gasteiger partial charge in [0.25, 0.3) is 5.56 Å². The first-order chi connectivity index (χ1) is 18.4. The summed E-state index contributed by atoms with van der Waals surface area (Å²) in [5.74, 6) is 0.114. The van der Waals surface area contributed by atoms with Crippen LogP contribution < -0.4 is 19.6 Å². The number of nitriles is 1. The van der Waals surface area contributed by atoms with Gasteiger partial charge >= 0.3 is 5.97 Å². The first kappa shape index (κ1) is 25.9. The number of carbonyl (C=O) groups is 1. The average Bonchev–Trinajstić information content (AvgIpc) is 3.56. The van der Waals surface area contributed by atoms with Crippen LogP contribution in [-0.4, -0.2) is 17.6 Å². The minimum absolute atomic E-state index is 0.231. The van der Waals surface area contributed by atoms with Crippen molar-refractivity contribution in [1.29, 1.82) is 5.26 Å². The molecule has 5 rings (SSSR count). The van der Waals surface area contributed by atoms with Gasteiger partial charge in [-0.2, -0.15) is 5.26 Å². The Morgan fingerprint density at radius 3 is 2.76 bits per heavy atom. The third-order valence-corrected chi connectivity index (χ3v) is 8.54. The Bertz CT molecular complexity index is 1800. The summed E-state index contributed by atoms with van der Waals surface area (Å²) >= 11 is 6.30. The lowest BCUT2D eigenvalue weighted by atomic mass is 10.0. The molecular weight excluding hydrogens is 586 g/mol. The zero-order valence-electron chi connectivity index (χ0n) is 20.3. The first-order valence-electron chi connectivity index (χ1n) is 11.5. The van der Waals surface area contributed by atoms with Crippen molar-refractivity contribution < 1.29 is 14.3 Å². The highest BCUT2D eigenvalue weighted by atomic mass is 79.9. The monoisotopic (exact) mass is 605 g/mol. The number of rotatable bonds is 6. The number of fused-ring (bicyclic) bond motifs is 1. The van der Waals surface area contributed by atoms with Gasteiger partial charge in [-0.25, -0.2) is 9.79 Å². The molecule has 3 heterocycles. The van der Waals surface area contributed by atoms with Crippen LogP contribution in [0, 0.1) is 11.3 Å². The van der Waals surface area contributed by atoms with Gasteiger partial charge < -0.3 is 9.47 Å². The van der Waals surface area contributed by atoms with Crippen LogP contribution in [0.3, 0.4) is 0 Å². The highest BCUT2D eigenvalue weighted by molar-refractivity contribution is 9.10. The van der Waals surface area contributed by atoms with Crippen LogP contribution in [0.25, 0.3) is 6.08 Å². The number of methoxy groups -OCH3 is 1. The predicted molar refractivity (Wildman–Crippen MR) is 150 cm³/mol. The molecule has 0 saturated carbocycles. The van der Waals surface area contributed by atoms with Gasteiger partial charge in [0.2, 0.25) is 0 Å². The second-order valence-corrected chi connectivity index (χ2v) is 11.2. The molecule has 0 N–H and O–H groups in total. The molecule has 190 valence electrons. The van der Waals surface area contributed by atoms with Crippen LogP contribution in [0.2, 0.25) is 0 Å². The second-order valence-electron chi connectivity index (χ2n) is 8.34. The maximum absolute atomic E-state index is 13.6. The van der Waals surface area contributed by atoms with Crippen LogP contribution >= 0.6 is 38.6 Å². The van der Waals surface area contributed by atoms with E-state index in [4.69, 9.17) is 9.47 Å². The van der Waals surface area contributed by atoms with Gasteiger partial charge in [0.1, 0.15) is 18.4 Å². The van der Waals surface area contributed by atoms with E-state index < -0.39 is 12.0 Å². The molecule has 1 aliphatic heterocycles. The van der Waals surface area contributed by atoms with Crippen molar-refractivity contribution in [3.63, 3.8) is 0 Å². The normalized spacial score (nSPS) is 15.0. The Hall–Kier alpha value is -3.78. The lowest BCUT2D eigenvalue weighted by molar-refractivity contribution is -0.136. The molecule has 7 nitrogen and oxygen atoms in total. The molecular formula is C28H20BrN3O4S2. The number of thiophene rings is 1. The standard InChI is InChI=1S/C28H20BrN3O4S2/c1-16-24(27(34)35-2)25(22-8-5-11-37-22)32-26(33)23(38-28(32)31-16)13-17-9-10-21(20(29)12-17)36-15-19-7-4-3-6-18(19)14-30/h3-13,25H,15H2,1-2H3. The second kappa shape index (κ2) is 10.9. The number of hydrogen-bond donors (Lipinski definition) is 0. The maximum atomic E-state index is 13.6. The van der Waals surface area contributed by atoms with Crippen LogP contribution in [0.1, 0.15) is 34.5 Å². The first-order valence-corrected chi connectivity index (χ1v) is 13.9. The molecule has 0 amide bonds. The number of carbonyl (C=O) groups excluding carboxylic acids is 1. The van der Waals surface area contributed by atoms with Gasteiger partial charge in [-0.15, -0.1) is 11.3 Å². The fourth-order valence-corrected chi connectivity index (χ4v) is 6.58. The summed E-state index contributed by atoms with van der Waals surface area (Å²) in [6.45, 7) is 2.01. The number of thiazole rings is 1. The molecule has 0 bridgehead atoms. The summed E-state index contributed by atoms with van der Waals surface area (Å²) in [5.41, 5.74) is 2.83. The Morgan fingerprint density at radius 2 is 2.05 bits per heavy atom. The summed E-state index contributed by atoms with van der Waals surface area (Å²) in [4.78, 5) is 32.2.